The van der Waals surface area contributed by atoms with E-state index < -0.39 is 0 Å². The molecular weight excluding hydrogens is 213 g/mol. The van der Waals surface area contributed by atoms with Gasteiger partial charge in [0.1, 0.15) is 5.82 Å². The van der Waals surface area contributed by atoms with Gasteiger partial charge in [0.2, 0.25) is 0 Å². The predicted octanol–water partition coefficient (Wildman–Crippen LogP) is 3.32. The Balaban J connectivity index is 2.49. The molecule has 0 heterocycles. The van der Waals surface area contributed by atoms with Crippen LogP contribution in [0.25, 0.3) is 0 Å². The molecule has 0 aliphatic heterocycles. The fraction of sp³-hybridized carbons (Fsp3) is 0.500. The van der Waals surface area contributed by atoms with Crippen LogP contribution in [0.1, 0.15) is 25.8 Å². The second-order valence-corrected chi connectivity index (χ2v) is 4.68. The summed E-state index contributed by atoms with van der Waals surface area (Å²) in [5.74, 6) is 0.438. The van der Waals surface area contributed by atoms with E-state index in [0.717, 1.165) is 12.0 Å². The first-order valence-corrected chi connectivity index (χ1v) is 5.62. The lowest BCUT2D eigenvalue weighted by Crippen LogP contribution is -2.39. The highest BCUT2D eigenvalue weighted by molar-refractivity contribution is 6.17. The number of alkyl halides is 1. The van der Waals surface area contributed by atoms with Gasteiger partial charge in [-0.1, -0.05) is 12.1 Å². The molecule has 15 heavy (non-hydrogen) atoms. The highest BCUT2D eigenvalue weighted by atomic mass is 35.5. The monoisotopic (exact) mass is 229 g/mol. The lowest BCUT2D eigenvalue weighted by molar-refractivity contribution is 0.376. The fourth-order valence-electron chi connectivity index (χ4n) is 1.31. The molecule has 0 aliphatic rings. The van der Waals surface area contributed by atoms with Crippen molar-refractivity contribution in [2.24, 2.45) is 0 Å². The number of nitrogens with one attached hydrogen (secondary N) is 1. The number of rotatable bonds is 5. The van der Waals surface area contributed by atoms with Gasteiger partial charge < -0.3 is 5.32 Å². The van der Waals surface area contributed by atoms with Crippen LogP contribution in [-0.4, -0.2) is 11.4 Å². The molecule has 1 rings (SSSR count). The molecule has 0 fully saturated rings. The van der Waals surface area contributed by atoms with Crippen LogP contribution < -0.4 is 5.32 Å². The zero-order valence-corrected chi connectivity index (χ0v) is 9.94. The molecule has 0 amide bonds. The van der Waals surface area contributed by atoms with Crippen LogP contribution in [0.5, 0.6) is 0 Å². The second kappa shape index (κ2) is 5.47. The van der Waals surface area contributed by atoms with Crippen molar-refractivity contribution < 1.29 is 4.39 Å². The van der Waals surface area contributed by atoms with Gasteiger partial charge in [-0.15, -0.1) is 11.6 Å². The summed E-state index contributed by atoms with van der Waals surface area (Å²) in [7, 11) is 0. The van der Waals surface area contributed by atoms with Gasteiger partial charge in [0.25, 0.3) is 0 Å². The van der Waals surface area contributed by atoms with E-state index in [1.807, 2.05) is 6.07 Å². The van der Waals surface area contributed by atoms with Gasteiger partial charge >= 0.3 is 0 Å². The molecule has 0 saturated carbocycles. The number of hydrogen-bond acceptors (Lipinski definition) is 1. The minimum atomic E-state index is -0.190. The third-order valence-electron chi connectivity index (χ3n) is 2.38. The maximum Gasteiger partial charge on any atom is 0.123 e. The average Bonchev–Trinajstić information content (AvgIpc) is 2.15. The maximum absolute atomic E-state index is 12.9. The van der Waals surface area contributed by atoms with Crippen molar-refractivity contribution >= 4 is 11.6 Å². The van der Waals surface area contributed by atoms with Crippen molar-refractivity contribution in [3.63, 3.8) is 0 Å². The van der Waals surface area contributed by atoms with Gasteiger partial charge in [-0.3, -0.25) is 0 Å². The molecule has 1 aromatic carbocycles. The summed E-state index contributed by atoms with van der Waals surface area (Å²) in [6.45, 7) is 4.85. The summed E-state index contributed by atoms with van der Waals surface area (Å²) in [6, 6.07) is 6.63. The van der Waals surface area contributed by atoms with Crippen LogP contribution in [0.2, 0.25) is 0 Å². The quantitative estimate of drug-likeness (QED) is 0.764. The Morgan fingerprint density at radius 1 is 1.40 bits per heavy atom. The van der Waals surface area contributed by atoms with Crippen molar-refractivity contribution in [3.8, 4) is 0 Å². The van der Waals surface area contributed by atoms with Crippen molar-refractivity contribution in [2.45, 2.75) is 32.4 Å². The summed E-state index contributed by atoms with van der Waals surface area (Å²) in [5, 5.41) is 3.35. The molecule has 0 bridgehead atoms. The number of hydrogen-bond donors (Lipinski definition) is 1. The third kappa shape index (κ3) is 4.63. The number of halogens is 2. The van der Waals surface area contributed by atoms with E-state index in [9.17, 15) is 4.39 Å². The fourth-order valence-corrected chi connectivity index (χ4v) is 1.79. The topological polar surface area (TPSA) is 12.0 Å². The van der Waals surface area contributed by atoms with E-state index in [1.54, 1.807) is 12.1 Å². The third-order valence-corrected chi connectivity index (χ3v) is 2.57. The van der Waals surface area contributed by atoms with Crippen molar-refractivity contribution in [1.82, 2.24) is 5.32 Å². The Labute approximate surface area is 95.6 Å². The Morgan fingerprint density at radius 2 is 2.13 bits per heavy atom. The standard InChI is InChI=1S/C12H17ClFN/c1-12(2,6-7-13)15-9-10-4-3-5-11(14)8-10/h3-5,8,15H,6-7,9H2,1-2H3. The van der Waals surface area contributed by atoms with Crippen LogP contribution in [0, 0.1) is 5.82 Å². The van der Waals surface area contributed by atoms with Crippen LogP contribution in [0.15, 0.2) is 24.3 Å². The molecule has 0 unspecified atom stereocenters. The lowest BCUT2D eigenvalue weighted by atomic mass is 10.0. The first-order chi connectivity index (χ1) is 7.03. The molecule has 0 aromatic heterocycles. The van der Waals surface area contributed by atoms with Gasteiger partial charge in [-0.2, -0.15) is 0 Å². The Morgan fingerprint density at radius 3 is 2.73 bits per heavy atom. The lowest BCUT2D eigenvalue weighted by Gasteiger charge is -2.25. The molecule has 0 saturated heterocycles. The van der Waals surface area contributed by atoms with E-state index in [2.05, 4.69) is 19.2 Å². The first kappa shape index (κ1) is 12.5. The summed E-state index contributed by atoms with van der Waals surface area (Å²) in [5.41, 5.74) is 0.950. The normalized spacial score (nSPS) is 11.7. The van der Waals surface area contributed by atoms with Crippen LogP contribution in [0.4, 0.5) is 4.39 Å². The van der Waals surface area contributed by atoms with E-state index in [1.165, 1.54) is 6.07 Å². The zero-order valence-electron chi connectivity index (χ0n) is 9.19. The summed E-state index contributed by atoms with van der Waals surface area (Å²) in [6.07, 6.45) is 0.893. The molecule has 1 aromatic rings. The van der Waals surface area contributed by atoms with Crippen LogP contribution in [0.3, 0.4) is 0 Å². The van der Waals surface area contributed by atoms with Crippen LogP contribution in [-0.2, 0) is 6.54 Å². The predicted molar refractivity (Wildman–Crippen MR) is 62.7 cm³/mol. The van der Waals surface area contributed by atoms with Gasteiger partial charge in [-0.05, 0) is 38.0 Å². The SMILES string of the molecule is CC(C)(CCCl)NCc1cccc(F)c1. The highest BCUT2D eigenvalue weighted by Crippen LogP contribution is 2.11. The average molecular weight is 230 g/mol. The maximum atomic E-state index is 12.9. The van der Waals surface area contributed by atoms with Gasteiger partial charge in [-0.25, -0.2) is 4.39 Å². The van der Waals surface area contributed by atoms with Crippen LogP contribution >= 0.6 is 11.6 Å². The van der Waals surface area contributed by atoms with Gasteiger partial charge in [0, 0.05) is 18.0 Å². The van der Waals surface area contributed by atoms with E-state index in [-0.39, 0.29) is 11.4 Å². The van der Waals surface area contributed by atoms with E-state index in [0.29, 0.717) is 12.4 Å². The molecule has 1 nitrogen and oxygen atoms in total. The smallest absolute Gasteiger partial charge is 0.123 e. The summed E-state index contributed by atoms with van der Waals surface area (Å²) >= 11 is 5.69. The van der Waals surface area contributed by atoms with Crippen molar-refractivity contribution in [1.29, 1.82) is 0 Å². The molecule has 1 N–H and O–H groups in total. The van der Waals surface area contributed by atoms with Crippen molar-refractivity contribution in [2.75, 3.05) is 5.88 Å². The Kier molecular flexibility index (Phi) is 4.55. The minimum absolute atomic E-state index is 0.00589. The molecule has 0 spiro atoms. The van der Waals surface area contributed by atoms with Gasteiger partial charge in [0.05, 0.1) is 0 Å². The Bertz CT molecular complexity index is 312. The highest BCUT2D eigenvalue weighted by Gasteiger charge is 2.15. The molecule has 84 valence electrons. The largest absolute Gasteiger partial charge is 0.308 e. The summed E-state index contributed by atoms with van der Waals surface area (Å²) < 4.78 is 12.9. The zero-order chi connectivity index (χ0) is 11.3. The van der Waals surface area contributed by atoms with Crippen molar-refractivity contribution in [3.05, 3.63) is 35.6 Å². The van der Waals surface area contributed by atoms with E-state index >= 15 is 0 Å². The Hall–Kier alpha value is -0.600. The molecule has 0 radical (unpaired) electrons. The van der Waals surface area contributed by atoms with Gasteiger partial charge in [0.15, 0.2) is 0 Å². The first-order valence-electron chi connectivity index (χ1n) is 5.09. The molecular formula is C12H17ClFN. The second-order valence-electron chi connectivity index (χ2n) is 4.31. The molecule has 0 atom stereocenters. The number of benzene rings is 1. The molecule has 0 aliphatic carbocycles. The summed E-state index contributed by atoms with van der Waals surface area (Å²) in [4.78, 5) is 0. The molecule has 3 heteroatoms. The minimum Gasteiger partial charge on any atom is -0.308 e. The van der Waals surface area contributed by atoms with E-state index in [4.69, 9.17) is 11.6 Å².